The van der Waals surface area contributed by atoms with Gasteiger partial charge in [-0.25, -0.2) is 8.78 Å². The third kappa shape index (κ3) is 6.16. The van der Waals surface area contributed by atoms with Gasteiger partial charge in [0.05, 0.1) is 23.1 Å². The molecule has 1 amide bonds. The smallest absolute Gasteiger partial charge is 0.405 e. The quantitative estimate of drug-likeness (QED) is 0.404. The molecule has 2 N–H and O–H groups in total. The average molecular weight is 548 g/mol. The molecule has 37 heavy (non-hydrogen) atoms. The Kier molecular flexibility index (Phi) is 9.04. The van der Waals surface area contributed by atoms with E-state index in [1.54, 1.807) is 12.1 Å². The minimum atomic E-state index is -5.03. The summed E-state index contributed by atoms with van der Waals surface area (Å²) in [6.45, 7) is 1.05. The molecule has 0 radical (unpaired) electrons. The molecule has 1 aromatic heterocycles. The van der Waals surface area contributed by atoms with Crippen LogP contribution in [-0.4, -0.2) is 48.5 Å². The standard InChI is InChI=1S/C25H26F5N3O3.ClH/c1-35-11-10-33-14-18(22-21(36-25(28,29)30)5-4-20(27)23(22)33)24(34)32-8-6-16(7-9-32)17-12-15(13-31)2-3-19(17)26;/h2-5,12,14,16H,6-11,13,31H2,1H3;1H. The van der Waals surface area contributed by atoms with E-state index < -0.39 is 23.8 Å². The Hall–Kier alpha value is -2.89. The first-order valence-electron chi connectivity index (χ1n) is 11.5. The number of halogens is 6. The van der Waals surface area contributed by atoms with Crippen molar-refractivity contribution in [3.63, 3.8) is 0 Å². The number of hydrogen-bond donors (Lipinski definition) is 1. The van der Waals surface area contributed by atoms with Crippen LogP contribution in [0.3, 0.4) is 0 Å². The lowest BCUT2D eigenvalue weighted by atomic mass is 9.88. The predicted octanol–water partition coefficient (Wildman–Crippen LogP) is 5.36. The lowest BCUT2D eigenvalue weighted by Crippen LogP contribution is -2.38. The van der Waals surface area contributed by atoms with E-state index in [0.29, 0.717) is 18.4 Å². The molecule has 1 saturated heterocycles. The van der Waals surface area contributed by atoms with Gasteiger partial charge in [0, 0.05) is 39.5 Å². The number of methoxy groups -OCH3 is 1. The molecule has 0 atom stereocenters. The van der Waals surface area contributed by atoms with Crippen LogP contribution in [0, 0.1) is 11.6 Å². The van der Waals surface area contributed by atoms with Gasteiger partial charge in [0.15, 0.2) is 0 Å². The van der Waals surface area contributed by atoms with Crippen molar-refractivity contribution in [1.29, 1.82) is 0 Å². The number of likely N-dealkylation sites (tertiary alicyclic amines) is 1. The van der Waals surface area contributed by atoms with Gasteiger partial charge < -0.3 is 24.7 Å². The van der Waals surface area contributed by atoms with E-state index in [4.69, 9.17) is 10.5 Å². The Morgan fingerprint density at radius 1 is 1.11 bits per heavy atom. The Morgan fingerprint density at radius 2 is 1.78 bits per heavy atom. The van der Waals surface area contributed by atoms with Gasteiger partial charge in [-0.1, -0.05) is 12.1 Å². The highest BCUT2D eigenvalue weighted by atomic mass is 35.5. The first-order chi connectivity index (χ1) is 17.1. The van der Waals surface area contributed by atoms with Gasteiger partial charge in [0.2, 0.25) is 0 Å². The number of fused-ring (bicyclic) bond motifs is 1. The monoisotopic (exact) mass is 547 g/mol. The SMILES string of the molecule is COCCn1cc(C(=O)N2CCC(c3cc(CN)ccc3F)CC2)c2c(OC(F)(F)F)ccc(F)c21.Cl. The summed E-state index contributed by atoms with van der Waals surface area (Å²) in [6, 6.07) is 6.46. The molecule has 6 nitrogen and oxygen atoms in total. The van der Waals surface area contributed by atoms with Crippen LogP contribution in [0.4, 0.5) is 22.0 Å². The number of alkyl halides is 3. The second-order valence-corrected chi connectivity index (χ2v) is 8.67. The first kappa shape index (κ1) is 28.7. The molecule has 2 aromatic carbocycles. The number of aromatic nitrogens is 1. The lowest BCUT2D eigenvalue weighted by molar-refractivity contribution is -0.274. The molecule has 0 saturated carbocycles. The summed E-state index contributed by atoms with van der Waals surface area (Å²) in [5, 5.41) is -0.253. The number of ether oxygens (including phenoxy) is 2. The summed E-state index contributed by atoms with van der Waals surface area (Å²) in [4.78, 5) is 15.0. The van der Waals surface area contributed by atoms with Gasteiger partial charge in [-0.3, -0.25) is 4.79 Å². The number of benzene rings is 2. The number of nitrogens with two attached hydrogens (primary N) is 1. The molecule has 0 unspecified atom stereocenters. The van der Waals surface area contributed by atoms with Gasteiger partial charge >= 0.3 is 6.36 Å². The highest BCUT2D eigenvalue weighted by molar-refractivity contribution is 6.09. The summed E-state index contributed by atoms with van der Waals surface area (Å²) >= 11 is 0. The minimum Gasteiger partial charge on any atom is -0.405 e. The maximum atomic E-state index is 14.8. The largest absolute Gasteiger partial charge is 0.573 e. The van der Waals surface area contributed by atoms with Crippen LogP contribution in [0.5, 0.6) is 5.75 Å². The zero-order valence-corrected chi connectivity index (χ0v) is 20.8. The second kappa shape index (κ2) is 11.7. The highest BCUT2D eigenvalue weighted by Crippen LogP contribution is 2.37. The van der Waals surface area contributed by atoms with Gasteiger partial charge in [-0.2, -0.15) is 0 Å². The summed E-state index contributed by atoms with van der Waals surface area (Å²) < 4.78 is 79.0. The van der Waals surface area contributed by atoms with Crippen molar-refractivity contribution in [2.75, 3.05) is 26.8 Å². The minimum absolute atomic E-state index is 0. The molecule has 0 bridgehead atoms. The van der Waals surface area contributed by atoms with Crippen LogP contribution < -0.4 is 10.5 Å². The van der Waals surface area contributed by atoms with E-state index in [1.165, 1.54) is 28.8 Å². The van der Waals surface area contributed by atoms with Crippen molar-refractivity contribution in [3.8, 4) is 5.75 Å². The molecule has 2 heterocycles. The van der Waals surface area contributed by atoms with E-state index in [-0.39, 0.29) is 73.4 Å². The predicted molar refractivity (Wildman–Crippen MR) is 130 cm³/mol. The molecule has 1 aliphatic rings. The van der Waals surface area contributed by atoms with E-state index >= 15 is 0 Å². The zero-order chi connectivity index (χ0) is 26.0. The maximum absolute atomic E-state index is 14.8. The van der Waals surface area contributed by atoms with Crippen LogP contribution >= 0.6 is 12.4 Å². The molecular weight excluding hydrogens is 521 g/mol. The van der Waals surface area contributed by atoms with Crippen molar-refractivity contribution in [2.45, 2.75) is 38.2 Å². The fourth-order valence-electron chi connectivity index (χ4n) is 4.71. The fraction of sp³-hybridized carbons (Fsp3) is 0.400. The summed E-state index contributed by atoms with van der Waals surface area (Å²) in [5.41, 5.74) is 6.73. The van der Waals surface area contributed by atoms with E-state index in [0.717, 1.165) is 17.7 Å². The molecule has 1 fully saturated rings. The van der Waals surface area contributed by atoms with Crippen molar-refractivity contribution in [1.82, 2.24) is 9.47 Å². The van der Waals surface area contributed by atoms with Gasteiger partial charge in [0.25, 0.3) is 5.91 Å². The lowest BCUT2D eigenvalue weighted by Gasteiger charge is -2.32. The number of nitrogens with zero attached hydrogens (tertiary/aromatic N) is 2. The van der Waals surface area contributed by atoms with Crippen molar-refractivity contribution in [3.05, 3.63) is 64.9 Å². The Morgan fingerprint density at radius 3 is 2.41 bits per heavy atom. The molecule has 4 rings (SSSR count). The molecular formula is C25H27ClF5N3O3. The van der Waals surface area contributed by atoms with Crippen LogP contribution in [0.15, 0.2) is 36.5 Å². The third-order valence-electron chi connectivity index (χ3n) is 6.44. The molecule has 12 heteroatoms. The number of carbonyl (C=O) groups is 1. The number of piperidine rings is 1. The van der Waals surface area contributed by atoms with Gasteiger partial charge in [-0.05, 0) is 48.1 Å². The van der Waals surface area contributed by atoms with E-state index in [9.17, 15) is 26.7 Å². The van der Waals surface area contributed by atoms with Crippen molar-refractivity contribution < 1.29 is 36.2 Å². The zero-order valence-electron chi connectivity index (χ0n) is 20.0. The van der Waals surface area contributed by atoms with E-state index in [1.807, 2.05) is 0 Å². The van der Waals surface area contributed by atoms with Gasteiger partial charge in [-0.15, -0.1) is 25.6 Å². The second-order valence-electron chi connectivity index (χ2n) is 8.67. The molecule has 3 aromatic rings. The molecule has 1 aliphatic heterocycles. The number of hydrogen-bond acceptors (Lipinski definition) is 4. The van der Waals surface area contributed by atoms with Crippen LogP contribution in [0.25, 0.3) is 10.9 Å². The summed E-state index contributed by atoms with van der Waals surface area (Å²) in [6.07, 6.45) is -2.78. The Bertz CT molecular complexity index is 1260. The molecule has 202 valence electrons. The fourth-order valence-corrected chi connectivity index (χ4v) is 4.71. The number of rotatable bonds is 7. The molecule has 0 spiro atoms. The van der Waals surface area contributed by atoms with Crippen LogP contribution in [-0.2, 0) is 17.8 Å². The highest BCUT2D eigenvalue weighted by Gasteiger charge is 2.35. The summed E-state index contributed by atoms with van der Waals surface area (Å²) in [7, 11) is 1.43. The molecule has 0 aliphatic carbocycles. The average Bonchev–Trinajstić information content (AvgIpc) is 3.24. The summed E-state index contributed by atoms with van der Waals surface area (Å²) in [5.74, 6) is -2.48. The van der Waals surface area contributed by atoms with Crippen LogP contribution in [0.2, 0.25) is 0 Å². The van der Waals surface area contributed by atoms with E-state index in [2.05, 4.69) is 4.74 Å². The first-order valence-corrected chi connectivity index (χ1v) is 11.5. The van der Waals surface area contributed by atoms with Gasteiger partial charge in [0.1, 0.15) is 17.4 Å². The normalized spacial score (nSPS) is 14.6. The van der Waals surface area contributed by atoms with Crippen molar-refractivity contribution in [2.24, 2.45) is 5.73 Å². The van der Waals surface area contributed by atoms with Crippen molar-refractivity contribution >= 4 is 29.2 Å². The topological polar surface area (TPSA) is 69.7 Å². The van der Waals surface area contributed by atoms with Crippen LogP contribution in [0.1, 0.15) is 40.2 Å². The Labute approximate surface area is 216 Å². The number of carbonyl (C=O) groups excluding carboxylic acids is 1. The maximum Gasteiger partial charge on any atom is 0.573 e. The Balaban J connectivity index is 0.00000380. The number of amides is 1. The third-order valence-corrected chi connectivity index (χ3v) is 6.44.